The number of nitrogens with one attached hydrogen (secondary N) is 1. The fourth-order valence-corrected chi connectivity index (χ4v) is 7.32. The Morgan fingerprint density at radius 1 is 0.441 bits per heavy atom. The van der Waals surface area contributed by atoms with E-state index in [1.807, 2.05) is 0 Å². The predicted molar refractivity (Wildman–Crippen MR) is 277 cm³/mol. The number of esters is 2. The van der Waals surface area contributed by atoms with Gasteiger partial charge in [-0.3, -0.25) is 9.59 Å². The second kappa shape index (κ2) is 57.6. The Morgan fingerprint density at radius 2 is 0.838 bits per heavy atom. The molecule has 0 bridgehead atoms. The number of nitrogens with two attached hydrogens (primary N) is 1. The SMILES string of the molecule is CCCCCCCC/C=C\CCCCCCCCOCC(COCCOCCOCCOCCOC(=O)CNCCOC(=O)[C@@H](N)COC)OCCCCCCCC/C=C\CCCCCCCC. The van der Waals surface area contributed by atoms with Crippen molar-refractivity contribution in [2.45, 2.75) is 206 Å². The first-order chi connectivity index (χ1) is 33.5. The van der Waals surface area contributed by atoms with E-state index in [2.05, 4.69) is 43.5 Å². The fraction of sp³-hybridized carbons (Fsp3) is 0.891. The molecule has 402 valence electrons. The molecule has 13 heteroatoms. The van der Waals surface area contributed by atoms with E-state index in [0.717, 1.165) is 26.1 Å². The van der Waals surface area contributed by atoms with Crippen molar-refractivity contribution >= 4 is 11.9 Å². The van der Waals surface area contributed by atoms with Gasteiger partial charge < -0.3 is 53.7 Å². The minimum atomic E-state index is -0.825. The average molecular weight is 971 g/mol. The predicted octanol–water partition coefficient (Wildman–Crippen LogP) is 11.2. The van der Waals surface area contributed by atoms with E-state index >= 15 is 0 Å². The minimum absolute atomic E-state index is 0.00469. The van der Waals surface area contributed by atoms with E-state index in [4.69, 9.17) is 48.4 Å². The van der Waals surface area contributed by atoms with Crippen LogP contribution in [0.25, 0.3) is 0 Å². The Labute approximate surface area is 416 Å². The molecule has 13 nitrogen and oxygen atoms in total. The van der Waals surface area contributed by atoms with Crippen LogP contribution in [0.3, 0.4) is 0 Å². The maximum absolute atomic E-state index is 11.8. The fourth-order valence-electron chi connectivity index (χ4n) is 7.32. The Kier molecular flexibility index (Phi) is 56.0. The molecule has 1 unspecified atom stereocenters. The molecule has 0 aliphatic rings. The molecule has 0 aliphatic carbocycles. The average Bonchev–Trinajstić information content (AvgIpc) is 3.34. The zero-order valence-electron chi connectivity index (χ0n) is 44.1. The normalized spacial score (nSPS) is 12.7. The second-order valence-electron chi connectivity index (χ2n) is 18.0. The van der Waals surface area contributed by atoms with Crippen molar-refractivity contribution < 1.29 is 52.2 Å². The van der Waals surface area contributed by atoms with Gasteiger partial charge in [0.25, 0.3) is 0 Å². The first-order valence-electron chi connectivity index (χ1n) is 27.6. The minimum Gasteiger partial charge on any atom is -0.463 e. The molecule has 0 amide bonds. The highest BCUT2D eigenvalue weighted by Gasteiger charge is 2.14. The maximum Gasteiger partial charge on any atom is 0.325 e. The lowest BCUT2D eigenvalue weighted by Gasteiger charge is -2.18. The Balaban J connectivity index is 4.07. The number of unbranched alkanes of at least 4 members (excludes halogenated alkanes) is 24. The van der Waals surface area contributed by atoms with Crippen LogP contribution < -0.4 is 11.1 Å². The Bertz CT molecular complexity index is 1080. The van der Waals surface area contributed by atoms with Crippen molar-refractivity contribution in [2.24, 2.45) is 5.73 Å². The van der Waals surface area contributed by atoms with Gasteiger partial charge in [-0.25, -0.2) is 0 Å². The van der Waals surface area contributed by atoms with E-state index in [0.29, 0.717) is 59.4 Å². The standard InChI is InChI=1S/C55H106N2O11/c1-4-6-8-10-12-14-16-18-20-22-24-26-28-30-32-34-37-64-49-52(66-38-35-33-31-29-27-25-23-21-19-17-15-13-11-9-7-5-2)50-65-45-44-62-41-40-61-42-43-63-46-47-67-54(58)48-57-36-39-68-55(59)53(56)51-60-3/h18-21,52-53,57H,4-17,22-51,56H2,1-3H3/b20-18-,21-19-/t52?,53-/m0/s1. The van der Waals surface area contributed by atoms with Crippen molar-refractivity contribution in [3.05, 3.63) is 24.3 Å². The van der Waals surface area contributed by atoms with Gasteiger partial charge in [-0.15, -0.1) is 0 Å². The van der Waals surface area contributed by atoms with Gasteiger partial charge in [-0.05, 0) is 64.2 Å². The lowest BCUT2D eigenvalue weighted by Crippen LogP contribution is -2.38. The summed E-state index contributed by atoms with van der Waals surface area (Å²) in [7, 11) is 1.46. The van der Waals surface area contributed by atoms with Crippen LogP contribution in [0.5, 0.6) is 0 Å². The van der Waals surface area contributed by atoms with Crippen LogP contribution in [0.4, 0.5) is 0 Å². The molecule has 0 aromatic rings. The largest absolute Gasteiger partial charge is 0.463 e. The monoisotopic (exact) mass is 971 g/mol. The highest BCUT2D eigenvalue weighted by atomic mass is 16.6. The van der Waals surface area contributed by atoms with Crippen LogP contribution in [0.15, 0.2) is 24.3 Å². The third-order valence-corrected chi connectivity index (χ3v) is 11.5. The van der Waals surface area contributed by atoms with Crippen molar-refractivity contribution in [1.29, 1.82) is 0 Å². The number of rotatable bonds is 57. The molecular weight excluding hydrogens is 865 g/mol. The van der Waals surface area contributed by atoms with E-state index in [-0.39, 0.29) is 39.1 Å². The van der Waals surface area contributed by atoms with Gasteiger partial charge in [0.1, 0.15) is 25.4 Å². The molecule has 0 radical (unpaired) electrons. The van der Waals surface area contributed by atoms with Gasteiger partial charge >= 0.3 is 11.9 Å². The van der Waals surface area contributed by atoms with Gasteiger partial charge in [0.05, 0.1) is 72.6 Å². The van der Waals surface area contributed by atoms with Crippen molar-refractivity contribution in [3.63, 3.8) is 0 Å². The van der Waals surface area contributed by atoms with Crippen LogP contribution in [-0.4, -0.2) is 137 Å². The van der Waals surface area contributed by atoms with Gasteiger partial charge in [-0.2, -0.15) is 0 Å². The highest BCUT2D eigenvalue weighted by molar-refractivity contribution is 5.75. The number of allylic oxidation sites excluding steroid dienone is 4. The first-order valence-corrected chi connectivity index (χ1v) is 27.6. The van der Waals surface area contributed by atoms with Crippen LogP contribution in [-0.2, 0) is 52.2 Å². The summed E-state index contributed by atoms with van der Waals surface area (Å²) < 4.78 is 50.0. The van der Waals surface area contributed by atoms with E-state index in [9.17, 15) is 9.59 Å². The number of methoxy groups -OCH3 is 1. The Morgan fingerprint density at radius 3 is 1.31 bits per heavy atom. The first kappa shape index (κ1) is 66.1. The van der Waals surface area contributed by atoms with Crippen molar-refractivity contribution in [2.75, 3.05) is 113 Å². The van der Waals surface area contributed by atoms with Gasteiger partial charge in [0.15, 0.2) is 0 Å². The zero-order chi connectivity index (χ0) is 49.3. The molecule has 2 atom stereocenters. The smallest absolute Gasteiger partial charge is 0.325 e. The number of ether oxygens (including phenoxy) is 9. The molecule has 68 heavy (non-hydrogen) atoms. The van der Waals surface area contributed by atoms with Crippen molar-refractivity contribution in [3.8, 4) is 0 Å². The van der Waals surface area contributed by atoms with Gasteiger partial charge in [-0.1, -0.05) is 154 Å². The molecule has 0 rings (SSSR count). The number of carbonyl (C=O) groups is 2. The summed E-state index contributed by atoms with van der Waals surface area (Å²) in [5, 5.41) is 2.85. The van der Waals surface area contributed by atoms with Crippen LogP contribution >= 0.6 is 0 Å². The molecule has 0 aromatic heterocycles. The Hall–Kier alpha value is -1.94. The number of hydrogen-bond donors (Lipinski definition) is 2. The topological polar surface area (TPSA) is 155 Å². The third-order valence-electron chi connectivity index (χ3n) is 11.5. The molecule has 0 heterocycles. The summed E-state index contributed by atoms with van der Waals surface area (Å²) >= 11 is 0. The quantitative estimate of drug-likeness (QED) is 0.0338. The summed E-state index contributed by atoms with van der Waals surface area (Å²) in [6.07, 6.45) is 45.8. The van der Waals surface area contributed by atoms with E-state index in [1.54, 1.807) is 0 Å². The third kappa shape index (κ3) is 53.4. The molecule has 3 N–H and O–H groups in total. The van der Waals surface area contributed by atoms with E-state index < -0.39 is 18.0 Å². The molecule has 0 aromatic carbocycles. The molecular formula is C55H106N2O11. The lowest BCUT2D eigenvalue weighted by molar-refractivity contribution is -0.146. The van der Waals surface area contributed by atoms with E-state index in [1.165, 1.54) is 174 Å². The number of carbonyl (C=O) groups excluding carboxylic acids is 2. The lowest BCUT2D eigenvalue weighted by atomic mass is 10.1. The molecule has 0 saturated heterocycles. The van der Waals surface area contributed by atoms with Gasteiger partial charge in [0, 0.05) is 26.9 Å². The van der Waals surface area contributed by atoms with Crippen LogP contribution in [0.2, 0.25) is 0 Å². The summed E-state index contributed by atoms with van der Waals surface area (Å²) in [5.74, 6) is -0.974. The summed E-state index contributed by atoms with van der Waals surface area (Å²) in [6, 6.07) is -0.825. The highest BCUT2D eigenvalue weighted by Crippen LogP contribution is 2.12. The molecule has 0 spiro atoms. The molecule has 0 saturated carbocycles. The van der Waals surface area contributed by atoms with Gasteiger partial charge in [0.2, 0.25) is 0 Å². The summed E-state index contributed by atoms with van der Waals surface area (Å²) in [5.41, 5.74) is 5.59. The maximum atomic E-state index is 11.8. The zero-order valence-corrected chi connectivity index (χ0v) is 44.1. The van der Waals surface area contributed by atoms with Crippen LogP contribution in [0, 0.1) is 0 Å². The molecule has 0 fully saturated rings. The molecule has 0 aliphatic heterocycles. The van der Waals surface area contributed by atoms with Crippen molar-refractivity contribution in [1.82, 2.24) is 5.32 Å². The second-order valence-corrected chi connectivity index (χ2v) is 18.0. The summed E-state index contributed by atoms with van der Waals surface area (Å²) in [6.45, 7) is 10.6. The summed E-state index contributed by atoms with van der Waals surface area (Å²) in [4.78, 5) is 23.4. The number of hydrogen-bond acceptors (Lipinski definition) is 13. The van der Waals surface area contributed by atoms with Crippen LogP contribution in [0.1, 0.15) is 194 Å².